The van der Waals surface area contributed by atoms with Gasteiger partial charge in [0.2, 0.25) is 0 Å². The number of aryl methyl sites for hydroxylation is 1. The molecular weight excluding hydrogens is 320 g/mol. The fourth-order valence-electron chi connectivity index (χ4n) is 2.45. The van der Waals surface area contributed by atoms with E-state index in [9.17, 15) is 14.9 Å². The molecule has 3 rings (SSSR count). The first-order chi connectivity index (χ1) is 12.0. The number of carbonyl (C=O) groups is 1. The molecule has 0 fully saturated rings. The van der Waals surface area contributed by atoms with Crippen LogP contribution in [0.4, 0.5) is 11.5 Å². The fourth-order valence-corrected chi connectivity index (χ4v) is 2.45. The molecule has 1 heterocycles. The van der Waals surface area contributed by atoms with Gasteiger partial charge in [0.1, 0.15) is 5.82 Å². The van der Waals surface area contributed by atoms with Crippen LogP contribution in [0.15, 0.2) is 60.7 Å². The number of hydrogen-bond donors (Lipinski definition) is 1. The Morgan fingerprint density at radius 1 is 1.16 bits per heavy atom. The van der Waals surface area contributed by atoms with E-state index < -0.39 is 4.92 Å². The first-order valence-electron chi connectivity index (χ1n) is 7.67. The molecule has 0 radical (unpaired) electrons. The molecule has 7 heteroatoms. The summed E-state index contributed by atoms with van der Waals surface area (Å²) in [4.78, 5) is 22.6. The molecule has 1 amide bonds. The Morgan fingerprint density at radius 2 is 1.84 bits per heavy atom. The summed E-state index contributed by atoms with van der Waals surface area (Å²) < 4.78 is 1.72. The molecule has 0 unspecified atom stereocenters. The van der Waals surface area contributed by atoms with Crippen molar-refractivity contribution in [2.24, 2.45) is 0 Å². The number of anilines is 1. The number of benzene rings is 2. The second kappa shape index (κ2) is 6.96. The smallest absolute Gasteiger partial charge is 0.269 e. The zero-order chi connectivity index (χ0) is 17.8. The number of nitrogens with zero attached hydrogens (tertiary/aromatic N) is 3. The van der Waals surface area contributed by atoms with Crippen LogP contribution in [0.1, 0.15) is 21.6 Å². The summed E-state index contributed by atoms with van der Waals surface area (Å²) in [6.45, 7) is 2.38. The van der Waals surface area contributed by atoms with E-state index in [1.54, 1.807) is 10.7 Å². The van der Waals surface area contributed by atoms with E-state index in [0.717, 1.165) is 11.3 Å². The topological polar surface area (TPSA) is 90.1 Å². The quantitative estimate of drug-likeness (QED) is 0.571. The van der Waals surface area contributed by atoms with E-state index >= 15 is 0 Å². The van der Waals surface area contributed by atoms with Gasteiger partial charge in [-0.3, -0.25) is 14.9 Å². The number of carbonyl (C=O) groups excluding carboxylic acids is 1. The number of nitrogens with one attached hydrogen (secondary N) is 1. The molecule has 0 saturated carbocycles. The molecule has 0 bridgehead atoms. The van der Waals surface area contributed by atoms with Gasteiger partial charge in [0.15, 0.2) is 0 Å². The summed E-state index contributed by atoms with van der Waals surface area (Å²) in [5.41, 5.74) is 2.14. The van der Waals surface area contributed by atoms with Crippen LogP contribution in [0.25, 0.3) is 0 Å². The van der Waals surface area contributed by atoms with Crippen LogP contribution in [0.3, 0.4) is 0 Å². The van der Waals surface area contributed by atoms with E-state index in [4.69, 9.17) is 0 Å². The average Bonchev–Trinajstić information content (AvgIpc) is 2.94. The molecule has 0 atom stereocenters. The Hall–Kier alpha value is -3.48. The zero-order valence-corrected chi connectivity index (χ0v) is 13.5. The van der Waals surface area contributed by atoms with Crippen LogP contribution in [-0.2, 0) is 6.54 Å². The third kappa shape index (κ3) is 3.89. The van der Waals surface area contributed by atoms with Crippen molar-refractivity contribution in [2.45, 2.75) is 13.5 Å². The number of nitro benzene ring substituents is 1. The number of non-ortho nitro benzene ring substituents is 1. The predicted octanol–water partition coefficient (Wildman–Crippen LogP) is 3.40. The Balaban J connectivity index is 1.78. The lowest BCUT2D eigenvalue weighted by atomic mass is 10.2. The second-order valence-electron chi connectivity index (χ2n) is 5.57. The number of nitro groups is 1. The maximum atomic E-state index is 12.4. The van der Waals surface area contributed by atoms with Gasteiger partial charge < -0.3 is 5.32 Å². The van der Waals surface area contributed by atoms with Crippen LogP contribution < -0.4 is 5.32 Å². The molecule has 0 aliphatic rings. The van der Waals surface area contributed by atoms with Crippen molar-refractivity contribution in [3.05, 3.63) is 87.6 Å². The largest absolute Gasteiger partial charge is 0.307 e. The third-order valence-electron chi connectivity index (χ3n) is 3.66. The highest BCUT2D eigenvalue weighted by molar-refractivity contribution is 6.03. The van der Waals surface area contributed by atoms with Gasteiger partial charge in [-0.05, 0) is 24.6 Å². The van der Waals surface area contributed by atoms with E-state index in [1.165, 1.54) is 24.3 Å². The lowest BCUT2D eigenvalue weighted by molar-refractivity contribution is -0.384. The second-order valence-corrected chi connectivity index (χ2v) is 5.57. The molecule has 0 aliphatic heterocycles. The van der Waals surface area contributed by atoms with Crippen molar-refractivity contribution < 1.29 is 9.72 Å². The minimum Gasteiger partial charge on any atom is -0.307 e. The van der Waals surface area contributed by atoms with Crippen LogP contribution in [0.5, 0.6) is 0 Å². The van der Waals surface area contributed by atoms with Crippen molar-refractivity contribution in [2.75, 3.05) is 5.32 Å². The van der Waals surface area contributed by atoms with Crippen LogP contribution in [0, 0.1) is 17.0 Å². The summed E-state index contributed by atoms with van der Waals surface area (Å²) in [6.07, 6.45) is 0. The van der Waals surface area contributed by atoms with Crippen LogP contribution in [-0.4, -0.2) is 20.6 Å². The Morgan fingerprint density at radius 3 is 2.48 bits per heavy atom. The maximum Gasteiger partial charge on any atom is 0.269 e. The van der Waals surface area contributed by atoms with Gasteiger partial charge in [0.25, 0.3) is 11.6 Å². The van der Waals surface area contributed by atoms with Crippen molar-refractivity contribution in [1.82, 2.24) is 9.78 Å². The van der Waals surface area contributed by atoms with Crippen molar-refractivity contribution in [3.63, 3.8) is 0 Å². The number of aromatic nitrogens is 2. The number of rotatable bonds is 5. The van der Waals surface area contributed by atoms with Crippen molar-refractivity contribution in [3.8, 4) is 0 Å². The molecule has 0 aliphatic carbocycles. The SMILES string of the molecule is Cc1cc(NC(=O)c2ccc([N+](=O)[O-])cc2)n(Cc2ccccc2)n1. The number of amides is 1. The minimum atomic E-state index is -0.500. The van der Waals surface area contributed by atoms with E-state index in [0.29, 0.717) is 17.9 Å². The molecule has 0 saturated heterocycles. The van der Waals surface area contributed by atoms with Gasteiger partial charge in [0.05, 0.1) is 17.2 Å². The number of hydrogen-bond acceptors (Lipinski definition) is 4. The lowest BCUT2D eigenvalue weighted by Gasteiger charge is -2.09. The van der Waals surface area contributed by atoms with Crippen molar-refractivity contribution in [1.29, 1.82) is 0 Å². The third-order valence-corrected chi connectivity index (χ3v) is 3.66. The zero-order valence-electron chi connectivity index (χ0n) is 13.5. The molecule has 2 aromatic carbocycles. The standard InChI is InChI=1S/C18H16N4O3/c1-13-11-17(21(20-13)12-14-5-3-2-4-6-14)19-18(23)15-7-9-16(10-8-15)22(24)25/h2-11H,12H2,1H3,(H,19,23). The molecule has 1 aromatic heterocycles. The highest BCUT2D eigenvalue weighted by Crippen LogP contribution is 2.16. The highest BCUT2D eigenvalue weighted by Gasteiger charge is 2.13. The van der Waals surface area contributed by atoms with E-state index in [2.05, 4.69) is 10.4 Å². The average molecular weight is 336 g/mol. The molecule has 25 heavy (non-hydrogen) atoms. The summed E-state index contributed by atoms with van der Waals surface area (Å²) in [5.74, 6) is 0.230. The summed E-state index contributed by atoms with van der Waals surface area (Å²) >= 11 is 0. The Labute approximate surface area is 144 Å². The van der Waals surface area contributed by atoms with Crippen molar-refractivity contribution >= 4 is 17.4 Å². The maximum absolute atomic E-state index is 12.4. The predicted molar refractivity (Wildman–Crippen MR) is 93.6 cm³/mol. The minimum absolute atomic E-state index is 0.0542. The lowest BCUT2D eigenvalue weighted by Crippen LogP contribution is -2.16. The van der Waals surface area contributed by atoms with Crippen LogP contribution >= 0.6 is 0 Å². The van der Waals surface area contributed by atoms with Gasteiger partial charge in [-0.2, -0.15) is 5.10 Å². The monoisotopic (exact) mass is 336 g/mol. The van der Waals surface area contributed by atoms with Gasteiger partial charge >= 0.3 is 0 Å². The summed E-state index contributed by atoms with van der Waals surface area (Å²) in [6, 6.07) is 17.1. The van der Waals surface area contributed by atoms with Gasteiger partial charge in [-0.25, -0.2) is 4.68 Å². The molecule has 3 aromatic rings. The van der Waals surface area contributed by atoms with E-state index in [-0.39, 0.29) is 11.6 Å². The molecule has 1 N–H and O–H groups in total. The van der Waals surface area contributed by atoms with Crippen LogP contribution in [0.2, 0.25) is 0 Å². The molecule has 0 spiro atoms. The molecule has 126 valence electrons. The Kier molecular flexibility index (Phi) is 4.56. The first-order valence-corrected chi connectivity index (χ1v) is 7.67. The van der Waals surface area contributed by atoms with Gasteiger partial charge in [0, 0.05) is 23.8 Å². The van der Waals surface area contributed by atoms with Gasteiger partial charge in [-0.15, -0.1) is 0 Å². The summed E-state index contributed by atoms with van der Waals surface area (Å²) in [5, 5.41) is 17.9. The summed E-state index contributed by atoms with van der Waals surface area (Å²) in [7, 11) is 0. The molecular formula is C18H16N4O3. The van der Waals surface area contributed by atoms with Gasteiger partial charge in [-0.1, -0.05) is 30.3 Å². The Bertz CT molecular complexity index is 902. The molecule has 7 nitrogen and oxygen atoms in total. The normalized spacial score (nSPS) is 10.4. The first kappa shape index (κ1) is 16.4. The fraction of sp³-hybridized carbons (Fsp3) is 0.111. The van der Waals surface area contributed by atoms with E-state index in [1.807, 2.05) is 37.3 Å². The highest BCUT2D eigenvalue weighted by atomic mass is 16.6.